The van der Waals surface area contributed by atoms with Gasteiger partial charge >= 0.3 is 5.97 Å². The molecule has 3 saturated heterocycles. The molecule has 15 heteroatoms. The van der Waals surface area contributed by atoms with E-state index in [1.807, 2.05) is 63.2 Å². The molecule has 0 amide bonds. The van der Waals surface area contributed by atoms with Crippen LogP contribution >= 0.6 is 34.8 Å². The number of hydrogen-bond acceptors (Lipinski definition) is 12. The van der Waals surface area contributed by atoms with Gasteiger partial charge in [0.2, 0.25) is 12.2 Å². The minimum absolute atomic E-state index is 0.0380. The molecule has 0 aliphatic carbocycles. The van der Waals surface area contributed by atoms with E-state index in [1.165, 1.54) is 6.92 Å². The molecule has 3 aliphatic heterocycles. The van der Waals surface area contributed by atoms with Crippen molar-refractivity contribution < 1.29 is 52.2 Å². The van der Waals surface area contributed by atoms with Crippen LogP contribution < -0.4 is 0 Å². The molecule has 3 aromatic rings. The zero-order chi connectivity index (χ0) is 41.4. The molecular formula is C43H52Cl3NO11. The Kier molecular flexibility index (Phi) is 15.9. The molecule has 1 N–H and O–H groups in total. The first-order valence-corrected chi connectivity index (χ1v) is 20.9. The number of nitrogens with one attached hydrogen (secondary N) is 1. The second-order valence-corrected chi connectivity index (χ2v) is 17.4. The number of alkyl halides is 3. The van der Waals surface area contributed by atoms with Gasteiger partial charge in [-0.25, -0.2) is 0 Å². The maximum Gasteiger partial charge on any atom is 0.306 e. The smallest absolute Gasteiger partial charge is 0.306 e. The van der Waals surface area contributed by atoms with Crippen LogP contribution in [0.2, 0.25) is 0 Å². The van der Waals surface area contributed by atoms with Gasteiger partial charge < -0.3 is 47.4 Å². The van der Waals surface area contributed by atoms with E-state index in [0.29, 0.717) is 32.5 Å². The lowest BCUT2D eigenvalue weighted by atomic mass is 9.99. The van der Waals surface area contributed by atoms with E-state index >= 15 is 0 Å². The van der Waals surface area contributed by atoms with Gasteiger partial charge in [0.05, 0.1) is 50.2 Å². The molecule has 58 heavy (non-hydrogen) atoms. The molecule has 3 fully saturated rings. The van der Waals surface area contributed by atoms with Crippen LogP contribution in [0.5, 0.6) is 0 Å². The number of esters is 1. The van der Waals surface area contributed by atoms with Gasteiger partial charge in [-0.1, -0.05) is 102 Å². The Hall–Kier alpha value is -2.88. The minimum Gasteiger partial charge on any atom is -0.460 e. The van der Waals surface area contributed by atoms with Crippen LogP contribution in [-0.2, 0) is 65.4 Å². The average molecular weight is 865 g/mol. The summed E-state index contributed by atoms with van der Waals surface area (Å²) in [4.78, 5) is 23.7. The number of hydrogen-bond donors (Lipinski definition) is 1. The normalized spacial score (nSPS) is 30.4. The summed E-state index contributed by atoms with van der Waals surface area (Å²) in [6.07, 6.45) is -4.72. The number of Topliss-reactive ketones (excluding diaryl/α,β-unsaturated/α-hetero) is 1. The molecule has 316 valence electrons. The maximum atomic E-state index is 12.4. The highest BCUT2D eigenvalue weighted by Gasteiger charge is 2.46. The van der Waals surface area contributed by atoms with Gasteiger partial charge in [-0.15, -0.1) is 0 Å². The third-order valence-corrected chi connectivity index (χ3v) is 11.0. The fourth-order valence-corrected chi connectivity index (χ4v) is 7.57. The number of rotatable bonds is 15. The molecule has 12 nitrogen and oxygen atoms in total. The quantitative estimate of drug-likeness (QED) is 0.0681. The van der Waals surface area contributed by atoms with Crippen molar-refractivity contribution in [3.05, 3.63) is 83.9 Å². The molecule has 0 saturated carbocycles. The molecule has 3 aromatic carbocycles. The number of carbonyl (C=O) groups excluding carboxylic acids is 2. The van der Waals surface area contributed by atoms with Crippen molar-refractivity contribution in [1.29, 1.82) is 5.41 Å². The molecule has 0 bridgehead atoms. The van der Waals surface area contributed by atoms with Crippen molar-refractivity contribution in [2.45, 2.75) is 151 Å². The van der Waals surface area contributed by atoms with E-state index in [0.717, 1.165) is 21.9 Å². The van der Waals surface area contributed by atoms with E-state index in [2.05, 4.69) is 30.3 Å². The fourth-order valence-electron chi connectivity index (χ4n) is 7.43. The van der Waals surface area contributed by atoms with Crippen molar-refractivity contribution in [1.82, 2.24) is 0 Å². The summed E-state index contributed by atoms with van der Waals surface area (Å²) < 4.78 is 54.6. The first-order valence-electron chi connectivity index (χ1n) is 19.7. The van der Waals surface area contributed by atoms with E-state index in [9.17, 15) is 9.59 Å². The highest BCUT2D eigenvalue weighted by atomic mass is 35.6. The lowest BCUT2D eigenvalue weighted by Gasteiger charge is -2.46. The van der Waals surface area contributed by atoms with E-state index in [4.69, 9.17) is 82.8 Å². The Bertz CT molecular complexity index is 1830. The van der Waals surface area contributed by atoms with E-state index in [1.54, 1.807) is 0 Å². The molecule has 0 spiro atoms. The molecule has 0 aromatic heterocycles. The highest BCUT2D eigenvalue weighted by Crippen LogP contribution is 2.36. The van der Waals surface area contributed by atoms with Crippen molar-refractivity contribution in [3.8, 4) is 0 Å². The number of halogens is 3. The largest absolute Gasteiger partial charge is 0.460 e. The SMILES string of the molecule is CC(=O)CCC(=O)O[C@H]1CC[C@H](O[C@@H]2[C@@H](C)O[C@@H](O[C@@H]3[C@@H](C)O[C@@H](OC(=N)C(Cl)(Cl)Cl)C[C@H]3OCc3ccccc3)C[C@H]2OCc2ccc3ccccc3c2)O[C@H]1C. The van der Waals surface area contributed by atoms with E-state index < -0.39 is 83.4 Å². The molecule has 3 heterocycles. The summed E-state index contributed by atoms with van der Waals surface area (Å²) >= 11 is 17.7. The minimum atomic E-state index is -2.06. The Morgan fingerprint density at radius 1 is 0.672 bits per heavy atom. The summed E-state index contributed by atoms with van der Waals surface area (Å²) in [5.74, 6) is -1.05. The predicted molar refractivity (Wildman–Crippen MR) is 218 cm³/mol. The van der Waals surface area contributed by atoms with Crippen LogP contribution in [0.25, 0.3) is 10.8 Å². The monoisotopic (exact) mass is 863 g/mol. The number of benzene rings is 3. The Morgan fingerprint density at radius 2 is 1.26 bits per heavy atom. The van der Waals surface area contributed by atoms with Crippen molar-refractivity contribution in [3.63, 3.8) is 0 Å². The molecular weight excluding hydrogens is 813 g/mol. The maximum absolute atomic E-state index is 12.4. The van der Waals surface area contributed by atoms with Gasteiger partial charge in [-0.05, 0) is 62.1 Å². The van der Waals surface area contributed by atoms with Gasteiger partial charge in [0.15, 0.2) is 12.6 Å². The average Bonchev–Trinajstić information content (AvgIpc) is 3.18. The summed E-state index contributed by atoms with van der Waals surface area (Å²) in [5, 5.41) is 10.4. The fraction of sp³-hybridized carbons (Fsp3) is 0.558. The first kappa shape index (κ1) is 44.7. The van der Waals surface area contributed by atoms with Crippen LogP contribution in [-0.4, -0.2) is 89.1 Å². The number of ketones is 1. The molecule has 0 unspecified atom stereocenters. The van der Waals surface area contributed by atoms with Crippen molar-refractivity contribution >= 4 is 63.2 Å². The highest BCUT2D eigenvalue weighted by molar-refractivity contribution is 6.76. The summed E-state index contributed by atoms with van der Waals surface area (Å²) in [6, 6.07) is 24.1. The van der Waals surface area contributed by atoms with Gasteiger partial charge in [-0.3, -0.25) is 10.2 Å². The number of ether oxygens (including phenoxy) is 9. The molecule has 6 rings (SSSR count). The second-order valence-electron chi connectivity index (χ2n) is 15.1. The summed E-state index contributed by atoms with van der Waals surface area (Å²) in [7, 11) is 0. The van der Waals surface area contributed by atoms with Gasteiger partial charge in [0, 0.05) is 25.7 Å². The standard InChI is InChI=1S/C43H52Cl3NO11/c1-25(48)14-18-36(49)55-33-17-19-37(52-26(33)2)56-40-27(3)53-38(21-34(40)51-24-30-15-16-31-12-8-9-13-32(31)20-30)57-41-28(4)54-39(58-42(47)43(44,45)46)22-35(41)50-23-29-10-6-5-7-11-29/h5-13,15-16,20,26-28,33-35,37-41,47H,14,17-19,21-24H2,1-4H3/t26-,27+,28+,33-,34+,35+,37-,38-,39-,40+,41+/m0/s1. The number of fused-ring (bicyclic) bond motifs is 1. The van der Waals surface area contributed by atoms with Crippen molar-refractivity contribution in [2.24, 2.45) is 0 Å². The van der Waals surface area contributed by atoms with Crippen LogP contribution in [0.3, 0.4) is 0 Å². The van der Waals surface area contributed by atoms with Crippen molar-refractivity contribution in [2.75, 3.05) is 0 Å². The topological polar surface area (TPSA) is 141 Å². The van der Waals surface area contributed by atoms with Crippen LogP contribution in [0.15, 0.2) is 72.8 Å². The Labute approximate surface area is 354 Å². The van der Waals surface area contributed by atoms with Crippen LogP contribution in [0, 0.1) is 5.41 Å². The lowest BCUT2D eigenvalue weighted by molar-refractivity contribution is -0.333. The first-order chi connectivity index (χ1) is 27.7. The molecule has 0 radical (unpaired) electrons. The van der Waals surface area contributed by atoms with Gasteiger partial charge in [0.1, 0.15) is 24.1 Å². The second kappa shape index (κ2) is 20.6. The van der Waals surface area contributed by atoms with Crippen LogP contribution in [0.1, 0.15) is 77.3 Å². The van der Waals surface area contributed by atoms with Gasteiger partial charge in [-0.2, -0.15) is 0 Å². The van der Waals surface area contributed by atoms with Crippen LogP contribution in [0.4, 0.5) is 0 Å². The molecule has 11 atom stereocenters. The van der Waals surface area contributed by atoms with E-state index in [-0.39, 0.29) is 25.0 Å². The summed E-state index contributed by atoms with van der Waals surface area (Å²) in [5.41, 5.74) is 1.97. The third-order valence-electron chi connectivity index (χ3n) is 10.5. The lowest BCUT2D eigenvalue weighted by Crippen LogP contribution is -2.56. The number of carbonyl (C=O) groups is 2. The Morgan fingerprint density at radius 3 is 1.91 bits per heavy atom. The zero-order valence-corrected chi connectivity index (χ0v) is 35.3. The zero-order valence-electron chi connectivity index (χ0n) is 33.1. The summed E-state index contributed by atoms with van der Waals surface area (Å²) in [6.45, 7) is 7.64. The Balaban J connectivity index is 1.15. The van der Waals surface area contributed by atoms with Gasteiger partial charge in [0.25, 0.3) is 3.79 Å². The molecule has 3 aliphatic rings. The predicted octanol–water partition coefficient (Wildman–Crippen LogP) is 8.52. The third kappa shape index (κ3) is 12.6.